The molecule has 2 rings (SSSR count). The lowest BCUT2D eigenvalue weighted by atomic mass is 10.0. The third-order valence-corrected chi connectivity index (χ3v) is 2.49. The Bertz CT molecular complexity index is 509. The summed E-state index contributed by atoms with van der Waals surface area (Å²) in [7, 11) is 0. The number of phenols is 1. The van der Waals surface area contributed by atoms with Crippen molar-refractivity contribution in [3.05, 3.63) is 48.0 Å². The van der Waals surface area contributed by atoms with Crippen molar-refractivity contribution < 1.29 is 5.11 Å². The van der Waals surface area contributed by atoms with E-state index >= 15 is 0 Å². The number of hydrogen-bond donors (Lipinski definition) is 3. The van der Waals surface area contributed by atoms with Gasteiger partial charge in [0.15, 0.2) is 0 Å². The van der Waals surface area contributed by atoms with Gasteiger partial charge in [-0.25, -0.2) is 0 Å². The Hall–Kier alpha value is -2.00. The van der Waals surface area contributed by atoms with Crippen LogP contribution in [0.25, 0.3) is 11.1 Å². The maximum atomic E-state index is 9.77. The van der Waals surface area contributed by atoms with Crippen LogP contribution in [0.15, 0.2) is 42.5 Å². The number of phenolic OH excluding ortho intramolecular Hbond substituents is 1. The Labute approximate surface area is 94.3 Å². The number of nitrogens with two attached hydrogens (primary N) is 2. The quantitative estimate of drug-likeness (QED) is 0.529. The molecule has 2 aromatic rings. The molecule has 0 amide bonds. The van der Waals surface area contributed by atoms with E-state index in [1.54, 1.807) is 18.2 Å². The summed E-state index contributed by atoms with van der Waals surface area (Å²) >= 11 is 0. The Morgan fingerprint density at radius 3 is 2.62 bits per heavy atom. The minimum atomic E-state index is 0.225. The van der Waals surface area contributed by atoms with Crippen LogP contribution < -0.4 is 11.5 Å². The van der Waals surface area contributed by atoms with Crippen LogP contribution in [0.5, 0.6) is 5.75 Å². The Morgan fingerprint density at radius 1 is 1.06 bits per heavy atom. The zero-order chi connectivity index (χ0) is 11.5. The summed E-state index contributed by atoms with van der Waals surface area (Å²) < 4.78 is 0. The van der Waals surface area contributed by atoms with Crippen LogP contribution in [0.3, 0.4) is 0 Å². The summed E-state index contributed by atoms with van der Waals surface area (Å²) in [6.07, 6.45) is 0. The van der Waals surface area contributed by atoms with Gasteiger partial charge in [-0.3, -0.25) is 0 Å². The van der Waals surface area contributed by atoms with Crippen molar-refractivity contribution in [1.82, 2.24) is 0 Å². The molecular formula is C13H14N2O. The van der Waals surface area contributed by atoms with Crippen molar-refractivity contribution in [3.63, 3.8) is 0 Å². The lowest BCUT2D eigenvalue weighted by Gasteiger charge is -2.07. The third-order valence-electron chi connectivity index (χ3n) is 2.49. The van der Waals surface area contributed by atoms with E-state index in [9.17, 15) is 5.11 Å². The number of benzene rings is 2. The Balaban J connectivity index is 2.53. The molecular weight excluding hydrogens is 200 g/mol. The van der Waals surface area contributed by atoms with E-state index < -0.39 is 0 Å². The molecule has 16 heavy (non-hydrogen) atoms. The minimum absolute atomic E-state index is 0.225. The Morgan fingerprint density at radius 2 is 1.88 bits per heavy atom. The standard InChI is InChI=1S/C13H14N2O/c14-8-9-2-1-3-10(6-9)12-7-11(15)4-5-13(12)16/h1-7,16H,8,14-15H2. The topological polar surface area (TPSA) is 72.3 Å². The van der Waals surface area contributed by atoms with Crippen LogP contribution in [-0.2, 0) is 6.54 Å². The molecule has 0 aliphatic heterocycles. The van der Waals surface area contributed by atoms with Gasteiger partial charge in [0.25, 0.3) is 0 Å². The van der Waals surface area contributed by atoms with Crippen LogP contribution >= 0.6 is 0 Å². The molecule has 0 aromatic heterocycles. The van der Waals surface area contributed by atoms with Gasteiger partial charge in [0.05, 0.1) is 0 Å². The molecule has 0 spiro atoms. The summed E-state index contributed by atoms with van der Waals surface area (Å²) in [5.41, 5.74) is 14.6. The van der Waals surface area contributed by atoms with Crippen LogP contribution in [-0.4, -0.2) is 5.11 Å². The predicted molar refractivity (Wildman–Crippen MR) is 65.8 cm³/mol. The first-order valence-corrected chi connectivity index (χ1v) is 5.08. The van der Waals surface area contributed by atoms with Gasteiger partial charge in [-0.15, -0.1) is 0 Å². The molecule has 5 N–H and O–H groups in total. The average molecular weight is 214 g/mol. The zero-order valence-corrected chi connectivity index (χ0v) is 8.85. The lowest BCUT2D eigenvalue weighted by molar-refractivity contribution is 0.477. The minimum Gasteiger partial charge on any atom is -0.507 e. The normalized spacial score (nSPS) is 10.3. The van der Waals surface area contributed by atoms with Gasteiger partial charge in [-0.05, 0) is 35.4 Å². The van der Waals surface area contributed by atoms with E-state index in [4.69, 9.17) is 11.5 Å². The average Bonchev–Trinajstić information content (AvgIpc) is 2.32. The molecule has 0 fully saturated rings. The van der Waals surface area contributed by atoms with Gasteiger partial charge in [0, 0.05) is 17.8 Å². The zero-order valence-electron chi connectivity index (χ0n) is 8.85. The fraction of sp³-hybridized carbons (Fsp3) is 0.0769. The van der Waals surface area contributed by atoms with Crippen molar-refractivity contribution in [2.45, 2.75) is 6.54 Å². The highest BCUT2D eigenvalue weighted by Gasteiger charge is 2.04. The second-order valence-electron chi connectivity index (χ2n) is 3.68. The van der Waals surface area contributed by atoms with Gasteiger partial charge in [-0.2, -0.15) is 0 Å². The largest absolute Gasteiger partial charge is 0.507 e. The van der Waals surface area contributed by atoms with E-state index in [2.05, 4.69) is 0 Å². The van der Waals surface area contributed by atoms with E-state index in [0.29, 0.717) is 12.2 Å². The lowest BCUT2D eigenvalue weighted by Crippen LogP contribution is -1.96. The van der Waals surface area contributed by atoms with Gasteiger partial charge in [0.2, 0.25) is 0 Å². The fourth-order valence-electron chi connectivity index (χ4n) is 1.65. The molecule has 0 bridgehead atoms. The second-order valence-corrected chi connectivity index (χ2v) is 3.68. The second kappa shape index (κ2) is 4.24. The molecule has 3 nitrogen and oxygen atoms in total. The van der Waals surface area contributed by atoms with E-state index in [0.717, 1.165) is 16.7 Å². The molecule has 3 heteroatoms. The summed E-state index contributed by atoms with van der Waals surface area (Å²) in [5, 5.41) is 9.77. The predicted octanol–water partition coefficient (Wildman–Crippen LogP) is 2.10. The number of hydrogen-bond acceptors (Lipinski definition) is 3. The molecule has 0 aliphatic carbocycles. The first kappa shape index (κ1) is 10.5. The fourth-order valence-corrected chi connectivity index (χ4v) is 1.65. The highest BCUT2D eigenvalue weighted by atomic mass is 16.3. The number of anilines is 1. The van der Waals surface area contributed by atoms with Crippen LogP contribution in [0.2, 0.25) is 0 Å². The van der Waals surface area contributed by atoms with Crippen molar-refractivity contribution in [1.29, 1.82) is 0 Å². The summed E-state index contributed by atoms with van der Waals surface area (Å²) in [4.78, 5) is 0. The summed E-state index contributed by atoms with van der Waals surface area (Å²) in [6, 6.07) is 12.8. The smallest absolute Gasteiger partial charge is 0.123 e. The SMILES string of the molecule is NCc1cccc(-c2cc(N)ccc2O)c1. The summed E-state index contributed by atoms with van der Waals surface area (Å²) in [5.74, 6) is 0.225. The van der Waals surface area contributed by atoms with Crippen molar-refractivity contribution >= 4 is 5.69 Å². The maximum absolute atomic E-state index is 9.77. The van der Waals surface area contributed by atoms with Gasteiger partial charge < -0.3 is 16.6 Å². The Kier molecular flexibility index (Phi) is 2.79. The molecule has 2 aromatic carbocycles. The van der Waals surface area contributed by atoms with Crippen LogP contribution in [0, 0.1) is 0 Å². The van der Waals surface area contributed by atoms with Crippen LogP contribution in [0.4, 0.5) is 5.69 Å². The monoisotopic (exact) mass is 214 g/mol. The molecule has 0 saturated carbocycles. The molecule has 0 atom stereocenters. The highest BCUT2D eigenvalue weighted by Crippen LogP contribution is 2.31. The summed E-state index contributed by atoms with van der Waals surface area (Å²) in [6.45, 7) is 0.483. The molecule has 0 unspecified atom stereocenters. The van der Waals surface area contributed by atoms with Crippen LogP contribution in [0.1, 0.15) is 5.56 Å². The number of rotatable bonds is 2. The van der Waals surface area contributed by atoms with Crippen molar-refractivity contribution in [3.8, 4) is 16.9 Å². The van der Waals surface area contributed by atoms with Gasteiger partial charge >= 0.3 is 0 Å². The number of aromatic hydroxyl groups is 1. The molecule has 0 radical (unpaired) electrons. The van der Waals surface area contributed by atoms with Crippen molar-refractivity contribution in [2.75, 3.05) is 5.73 Å². The number of nitrogen functional groups attached to an aromatic ring is 1. The van der Waals surface area contributed by atoms with Gasteiger partial charge in [-0.1, -0.05) is 18.2 Å². The molecule has 82 valence electrons. The third kappa shape index (κ3) is 1.99. The van der Waals surface area contributed by atoms with E-state index in [1.807, 2.05) is 24.3 Å². The van der Waals surface area contributed by atoms with Gasteiger partial charge in [0.1, 0.15) is 5.75 Å². The van der Waals surface area contributed by atoms with E-state index in [-0.39, 0.29) is 5.75 Å². The van der Waals surface area contributed by atoms with E-state index in [1.165, 1.54) is 0 Å². The van der Waals surface area contributed by atoms with Crippen molar-refractivity contribution in [2.24, 2.45) is 5.73 Å². The highest BCUT2D eigenvalue weighted by molar-refractivity contribution is 5.73. The maximum Gasteiger partial charge on any atom is 0.123 e. The molecule has 0 aliphatic rings. The molecule has 0 saturated heterocycles. The molecule has 0 heterocycles. The first-order chi connectivity index (χ1) is 7.70. The first-order valence-electron chi connectivity index (χ1n) is 5.08.